The van der Waals surface area contributed by atoms with E-state index >= 15 is 0 Å². The summed E-state index contributed by atoms with van der Waals surface area (Å²) in [7, 11) is 0. The minimum Gasteiger partial charge on any atom is -0.507 e. The van der Waals surface area contributed by atoms with Gasteiger partial charge in [-0.1, -0.05) is 96.5 Å². The van der Waals surface area contributed by atoms with Gasteiger partial charge in [0.05, 0.1) is 11.4 Å². The molecule has 4 nitrogen and oxygen atoms in total. The van der Waals surface area contributed by atoms with Gasteiger partial charge in [-0.05, 0) is 96.8 Å². The zero-order valence-corrected chi connectivity index (χ0v) is 27.6. The molecule has 0 radical (unpaired) electrons. The smallest absolute Gasteiger partial charge is 0.132 e. The van der Waals surface area contributed by atoms with Crippen LogP contribution in [0.4, 0.5) is 0 Å². The first kappa shape index (κ1) is 31.7. The van der Waals surface area contributed by atoms with E-state index < -0.39 is 0 Å². The van der Waals surface area contributed by atoms with Crippen molar-refractivity contribution in [2.24, 2.45) is 0 Å². The Bertz CT molecular complexity index is 2270. The summed E-state index contributed by atoms with van der Waals surface area (Å²) in [5.41, 5.74) is 11.3. The normalized spacial score (nSPS) is 10.4. The molecule has 0 aliphatic rings. The van der Waals surface area contributed by atoms with E-state index in [1.165, 1.54) is 0 Å². The molecule has 2 N–H and O–H groups in total. The molecule has 0 unspecified atom stereocenters. The number of pyridine rings is 2. The lowest BCUT2D eigenvalue weighted by Crippen LogP contribution is -1.90. The third kappa shape index (κ3) is 6.87. The van der Waals surface area contributed by atoms with Crippen molar-refractivity contribution in [3.63, 3.8) is 0 Å². The highest BCUT2D eigenvalue weighted by atomic mass is 16.3. The minimum atomic E-state index is 0.205. The van der Waals surface area contributed by atoms with Crippen LogP contribution in [0.5, 0.6) is 11.5 Å². The van der Waals surface area contributed by atoms with Crippen molar-refractivity contribution in [3.05, 3.63) is 179 Å². The van der Waals surface area contributed by atoms with Crippen LogP contribution < -0.4 is 0 Å². The molecule has 0 fully saturated rings. The number of aromatic nitrogens is 2. The first-order valence-electron chi connectivity index (χ1n) is 16.3. The Morgan fingerprint density at radius 2 is 0.800 bits per heavy atom. The molecule has 0 saturated heterocycles. The van der Waals surface area contributed by atoms with Crippen LogP contribution in [0.15, 0.2) is 146 Å². The van der Waals surface area contributed by atoms with E-state index in [1.807, 2.05) is 147 Å². The Hall–Kier alpha value is -6.88. The van der Waals surface area contributed by atoms with Gasteiger partial charge in [-0.2, -0.15) is 0 Å². The maximum Gasteiger partial charge on any atom is 0.132 e. The molecular weight excluding hydrogens is 613 g/mol. The van der Waals surface area contributed by atoms with Gasteiger partial charge < -0.3 is 10.2 Å². The highest BCUT2D eigenvalue weighted by molar-refractivity contribution is 5.83. The van der Waals surface area contributed by atoms with Crippen molar-refractivity contribution >= 4 is 0 Å². The number of nitrogens with zero attached hydrogens (tertiary/aromatic N) is 2. The number of aromatic hydroxyl groups is 2. The van der Waals surface area contributed by atoms with Crippen LogP contribution >= 0.6 is 0 Å². The zero-order chi connectivity index (χ0) is 34.5. The number of phenols is 2. The summed E-state index contributed by atoms with van der Waals surface area (Å²) in [6.07, 6.45) is 3.45. The van der Waals surface area contributed by atoms with Gasteiger partial charge in [-0.25, -0.2) is 0 Å². The van der Waals surface area contributed by atoms with E-state index in [4.69, 9.17) is 0 Å². The number of hydrogen-bond acceptors (Lipinski definition) is 4. The van der Waals surface area contributed by atoms with Crippen molar-refractivity contribution < 1.29 is 10.2 Å². The number of rotatable bonds is 4. The van der Waals surface area contributed by atoms with Gasteiger partial charge in [0.1, 0.15) is 11.5 Å². The quantitative estimate of drug-likeness (QED) is 0.187. The largest absolute Gasteiger partial charge is 0.507 e. The lowest BCUT2D eigenvalue weighted by Gasteiger charge is -2.12. The first-order chi connectivity index (χ1) is 24.4. The molecule has 5 aromatic carbocycles. The van der Waals surface area contributed by atoms with Crippen LogP contribution in [0.2, 0.25) is 0 Å². The van der Waals surface area contributed by atoms with Crippen LogP contribution in [-0.2, 0) is 0 Å². The Labute approximate surface area is 292 Å². The van der Waals surface area contributed by atoms with Gasteiger partial charge >= 0.3 is 0 Å². The molecule has 0 aliphatic carbocycles. The summed E-state index contributed by atoms with van der Waals surface area (Å²) in [6.45, 7) is 4.03. The van der Waals surface area contributed by atoms with Crippen molar-refractivity contribution in [3.8, 4) is 79.9 Å². The second kappa shape index (κ2) is 14.1. The second-order valence-electron chi connectivity index (χ2n) is 12.1. The maximum absolute atomic E-state index is 11.1. The highest BCUT2D eigenvalue weighted by Crippen LogP contribution is 2.39. The summed E-state index contributed by atoms with van der Waals surface area (Å²) in [6, 6.07) is 42.9. The number of hydrogen-bond donors (Lipinski definition) is 2. The van der Waals surface area contributed by atoms with E-state index in [9.17, 15) is 10.2 Å². The standard InChI is InChI=1S/C46H32N2O2/c1-31-25-39(37-13-5-3-6-14-37)45(49)41(27-31)43-23-19-33(29-47-43)17-21-35-11-9-10-12-36(35)22-18-34-20-24-44(48-30-34)42-28-32(2)26-40(46(42)50)38-15-7-4-8-16-38/h3-16,19-20,23-30,49-50H,1-2H3. The third-order valence-electron chi connectivity index (χ3n) is 8.37. The van der Waals surface area contributed by atoms with Gasteiger partial charge in [0, 0.05) is 56.9 Å². The Morgan fingerprint density at radius 1 is 0.420 bits per heavy atom. The molecule has 0 saturated carbocycles. The van der Waals surface area contributed by atoms with Gasteiger partial charge in [0.25, 0.3) is 0 Å². The van der Waals surface area contributed by atoms with Crippen LogP contribution in [0, 0.1) is 37.5 Å². The van der Waals surface area contributed by atoms with Crippen molar-refractivity contribution in [2.75, 3.05) is 0 Å². The molecule has 50 heavy (non-hydrogen) atoms. The fourth-order valence-electron chi connectivity index (χ4n) is 5.86. The van der Waals surface area contributed by atoms with Crippen molar-refractivity contribution in [1.82, 2.24) is 9.97 Å². The SMILES string of the molecule is Cc1cc(-c2ccccc2)c(O)c(-c2ccc(C#Cc3ccccc3C#Cc3ccc(-c4cc(C)cc(-c5ccccc5)c4O)nc3)cn2)c1. The van der Waals surface area contributed by atoms with Crippen molar-refractivity contribution in [2.45, 2.75) is 13.8 Å². The van der Waals surface area contributed by atoms with E-state index in [0.29, 0.717) is 22.5 Å². The van der Waals surface area contributed by atoms with Gasteiger partial charge in [0.15, 0.2) is 0 Å². The third-order valence-corrected chi connectivity index (χ3v) is 8.37. The summed E-state index contributed by atoms with van der Waals surface area (Å²) >= 11 is 0. The van der Waals surface area contributed by atoms with Crippen LogP contribution in [0.1, 0.15) is 33.4 Å². The molecule has 4 heteroatoms. The second-order valence-corrected chi connectivity index (χ2v) is 12.1. The highest BCUT2D eigenvalue weighted by Gasteiger charge is 2.14. The molecule has 0 amide bonds. The summed E-state index contributed by atoms with van der Waals surface area (Å²) < 4.78 is 0. The number of benzene rings is 5. The average molecular weight is 645 g/mol. The van der Waals surface area contributed by atoms with Crippen LogP contribution in [0.25, 0.3) is 44.8 Å². The lowest BCUT2D eigenvalue weighted by molar-refractivity contribution is 0.478. The van der Waals surface area contributed by atoms with Crippen LogP contribution in [-0.4, -0.2) is 20.2 Å². The topological polar surface area (TPSA) is 66.2 Å². The summed E-state index contributed by atoms with van der Waals surface area (Å²) in [4.78, 5) is 9.29. The fourth-order valence-corrected chi connectivity index (χ4v) is 5.86. The molecule has 0 atom stereocenters. The lowest BCUT2D eigenvalue weighted by atomic mass is 9.97. The molecule has 7 aromatic rings. The molecule has 0 aliphatic heterocycles. The van der Waals surface area contributed by atoms with E-state index in [0.717, 1.165) is 55.6 Å². The molecule has 238 valence electrons. The molecule has 2 heterocycles. The van der Waals surface area contributed by atoms with E-state index in [1.54, 1.807) is 12.4 Å². The molecule has 2 aromatic heterocycles. The van der Waals surface area contributed by atoms with Gasteiger partial charge in [-0.15, -0.1) is 0 Å². The predicted molar refractivity (Wildman–Crippen MR) is 201 cm³/mol. The van der Waals surface area contributed by atoms with E-state index in [-0.39, 0.29) is 11.5 Å². The Morgan fingerprint density at radius 3 is 1.18 bits per heavy atom. The molecule has 0 spiro atoms. The average Bonchev–Trinajstić information content (AvgIpc) is 3.16. The van der Waals surface area contributed by atoms with Crippen LogP contribution in [0.3, 0.4) is 0 Å². The monoisotopic (exact) mass is 644 g/mol. The van der Waals surface area contributed by atoms with Crippen molar-refractivity contribution in [1.29, 1.82) is 0 Å². The summed E-state index contributed by atoms with van der Waals surface area (Å²) in [5.74, 6) is 13.3. The van der Waals surface area contributed by atoms with Gasteiger partial charge in [0.2, 0.25) is 0 Å². The minimum absolute atomic E-state index is 0.205. The molecule has 0 bridgehead atoms. The Kier molecular flexibility index (Phi) is 8.93. The number of aryl methyl sites for hydroxylation is 2. The first-order valence-corrected chi connectivity index (χ1v) is 16.3. The maximum atomic E-state index is 11.1. The molecular formula is C46H32N2O2. The Balaban J connectivity index is 1.11. The fraction of sp³-hybridized carbons (Fsp3) is 0.0435. The van der Waals surface area contributed by atoms with Gasteiger partial charge in [-0.3, -0.25) is 9.97 Å². The number of phenolic OH excluding ortho intramolecular Hbond substituents is 2. The predicted octanol–water partition coefficient (Wildman–Crippen LogP) is 9.97. The summed E-state index contributed by atoms with van der Waals surface area (Å²) in [5, 5.41) is 22.3. The zero-order valence-electron chi connectivity index (χ0n) is 27.6. The van der Waals surface area contributed by atoms with E-state index in [2.05, 4.69) is 33.6 Å². The molecule has 7 rings (SSSR count).